The molecule has 8 nitrogen and oxygen atoms in total. The van der Waals surface area contributed by atoms with Crippen molar-refractivity contribution in [3.63, 3.8) is 0 Å². The highest BCUT2D eigenvalue weighted by atomic mass is 19.1. The summed E-state index contributed by atoms with van der Waals surface area (Å²) in [6.07, 6.45) is 8.61. The highest BCUT2D eigenvalue weighted by Crippen LogP contribution is 2.29. The molecule has 172 valence electrons. The SMILES string of the molecule is CCC(F)CNc1ncc(-c2ccc(CN3CCOC3=O)cn2)c(NC2CCCCC2)n1. The molecule has 1 saturated heterocycles. The van der Waals surface area contributed by atoms with E-state index >= 15 is 0 Å². The number of ether oxygens (including phenoxy) is 1. The molecule has 2 aliphatic rings. The Bertz CT molecular complexity index is 904. The highest BCUT2D eigenvalue weighted by Gasteiger charge is 2.22. The van der Waals surface area contributed by atoms with Gasteiger partial charge in [-0.3, -0.25) is 4.98 Å². The molecule has 9 heteroatoms. The molecular formula is C23H31FN6O2. The number of hydrogen-bond donors (Lipinski definition) is 2. The molecule has 1 saturated carbocycles. The van der Waals surface area contributed by atoms with Crippen molar-refractivity contribution in [1.82, 2.24) is 19.9 Å². The lowest BCUT2D eigenvalue weighted by Gasteiger charge is -2.24. The van der Waals surface area contributed by atoms with Crippen LogP contribution in [-0.2, 0) is 11.3 Å². The van der Waals surface area contributed by atoms with Gasteiger partial charge in [-0.15, -0.1) is 0 Å². The molecule has 2 aromatic heterocycles. The number of hydrogen-bond acceptors (Lipinski definition) is 7. The smallest absolute Gasteiger partial charge is 0.410 e. The van der Waals surface area contributed by atoms with Crippen LogP contribution in [0.25, 0.3) is 11.3 Å². The first-order valence-corrected chi connectivity index (χ1v) is 11.5. The number of aromatic nitrogens is 3. The molecule has 1 unspecified atom stereocenters. The molecular weight excluding hydrogens is 411 g/mol. The minimum absolute atomic E-state index is 0.185. The van der Waals surface area contributed by atoms with Crippen molar-refractivity contribution in [2.45, 2.75) is 64.2 Å². The van der Waals surface area contributed by atoms with E-state index in [4.69, 9.17) is 4.74 Å². The molecule has 32 heavy (non-hydrogen) atoms. The maximum atomic E-state index is 13.7. The van der Waals surface area contributed by atoms with Gasteiger partial charge in [0.2, 0.25) is 5.95 Å². The van der Waals surface area contributed by atoms with E-state index in [9.17, 15) is 9.18 Å². The number of halogens is 1. The molecule has 2 N–H and O–H groups in total. The molecule has 2 fully saturated rings. The van der Waals surface area contributed by atoms with Crippen molar-refractivity contribution in [2.75, 3.05) is 30.3 Å². The zero-order valence-electron chi connectivity index (χ0n) is 18.5. The minimum atomic E-state index is -0.935. The number of amides is 1. The van der Waals surface area contributed by atoms with Crippen LogP contribution in [0.4, 0.5) is 21.0 Å². The fourth-order valence-electron chi connectivity index (χ4n) is 4.02. The maximum Gasteiger partial charge on any atom is 0.410 e. The van der Waals surface area contributed by atoms with Crippen molar-refractivity contribution in [3.8, 4) is 11.3 Å². The third-order valence-corrected chi connectivity index (χ3v) is 5.98. The van der Waals surface area contributed by atoms with Gasteiger partial charge >= 0.3 is 6.09 Å². The van der Waals surface area contributed by atoms with Crippen LogP contribution in [0.1, 0.15) is 51.0 Å². The van der Waals surface area contributed by atoms with Gasteiger partial charge in [-0.2, -0.15) is 4.98 Å². The van der Waals surface area contributed by atoms with Crippen molar-refractivity contribution in [3.05, 3.63) is 30.1 Å². The van der Waals surface area contributed by atoms with Crippen LogP contribution < -0.4 is 10.6 Å². The predicted octanol–water partition coefficient (Wildman–Crippen LogP) is 4.40. The number of alkyl halides is 1. The topological polar surface area (TPSA) is 92.3 Å². The Morgan fingerprint density at radius 3 is 2.75 bits per heavy atom. The molecule has 1 aliphatic heterocycles. The molecule has 4 rings (SSSR count). The lowest BCUT2D eigenvalue weighted by atomic mass is 9.95. The Hall–Kier alpha value is -2.97. The van der Waals surface area contributed by atoms with E-state index in [1.807, 2.05) is 19.1 Å². The van der Waals surface area contributed by atoms with Crippen molar-refractivity contribution < 1.29 is 13.9 Å². The second-order valence-electron chi connectivity index (χ2n) is 8.41. The third kappa shape index (κ3) is 5.63. The van der Waals surface area contributed by atoms with Gasteiger partial charge in [0.25, 0.3) is 0 Å². The monoisotopic (exact) mass is 442 g/mol. The van der Waals surface area contributed by atoms with Gasteiger partial charge in [-0.25, -0.2) is 14.2 Å². The molecule has 1 aliphatic carbocycles. The maximum absolute atomic E-state index is 13.7. The van der Waals surface area contributed by atoms with E-state index < -0.39 is 6.17 Å². The largest absolute Gasteiger partial charge is 0.448 e. The van der Waals surface area contributed by atoms with Crippen LogP contribution in [0.5, 0.6) is 0 Å². The normalized spacial score (nSPS) is 17.8. The molecule has 2 aromatic rings. The Morgan fingerprint density at radius 2 is 2.06 bits per heavy atom. The predicted molar refractivity (Wildman–Crippen MR) is 121 cm³/mol. The molecule has 0 spiro atoms. The number of cyclic esters (lactones) is 1. The van der Waals surface area contributed by atoms with Crippen LogP contribution in [0.2, 0.25) is 0 Å². The fourth-order valence-corrected chi connectivity index (χ4v) is 4.02. The molecule has 0 bridgehead atoms. The van der Waals surface area contributed by atoms with Crippen molar-refractivity contribution in [1.29, 1.82) is 0 Å². The summed E-state index contributed by atoms with van der Waals surface area (Å²) >= 11 is 0. The summed E-state index contributed by atoms with van der Waals surface area (Å²) < 4.78 is 18.7. The zero-order valence-corrected chi connectivity index (χ0v) is 18.5. The quantitative estimate of drug-likeness (QED) is 0.595. The summed E-state index contributed by atoms with van der Waals surface area (Å²) in [5.41, 5.74) is 2.49. The second-order valence-corrected chi connectivity index (χ2v) is 8.41. The summed E-state index contributed by atoms with van der Waals surface area (Å²) in [7, 11) is 0. The summed E-state index contributed by atoms with van der Waals surface area (Å²) in [5, 5.41) is 6.57. The van der Waals surface area contributed by atoms with Gasteiger partial charge < -0.3 is 20.3 Å². The first-order valence-electron chi connectivity index (χ1n) is 11.5. The van der Waals surface area contributed by atoms with Gasteiger partial charge in [0, 0.05) is 25.0 Å². The second kappa shape index (κ2) is 10.6. The van der Waals surface area contributed by atoms with Gasteiger partial charge in [0.15, 0.2) is 0 Å². The fraction of sp³-hybridized carbons (Fsp3) is 0.565. The minimum Gasteiger partial charge on any atom is -0.448 e. The van der Waals surface area contributed by atoms with Gasteiger partial charge in [-0.1, -0.05) is 32.3 Å². The first kappa shape index (κ1) is 22.2. The van der Waals surface area contributed by atoms with E-state index in [-0.39, 0.29) is 12.6 Å². The van der Waals surface area contributed by atoms with E-state index in [0.29, 0.717) is 43.9 Å². The standard InChI is InChI=1S/C23H31FN6O2/c1-2-17(24)13-26-22-27-14-19(21(29-22)28-18-6-4-3-5-7-18)20-9-8-16(12-25-20)15-30-10-11-32-23(30)31/h8-9,12,14,17-18H,2-7,10-11,13,15H2,1H3,(H2,26,27,28,29). The molecule has 0 aromatic carbocycles. The van der Waals surface area contributed by atoms with Crippen LogP contribution in [-0.4, -0.2) is 57.9 Å². The summed E-state index contributed by atoms with van der Waals surface area (Å²) in [4.78, 5) is 27.0. The Labute approximate surface area is 188 Å². The van der Waals surface area contributed by atoms with E-state index in [2.05, 4.69) is 25.6 Å². The Kier molecular flexibility index (Phi) is 7.34. The van der Waals surface area contributed by atoms with Crippen molar-refractivity contribution >= 4 is 17.9 Å². The van der Waals surface area contributed by atoms with E-state index in [1.165, 1.54) is 19.3 Å². The van der Waals surface area contributed by atoms with Crippen LogP contribution >= 0.6 is 0 Å². The van der Waals surface area contributed by atoms with Crippen molar-refractivity contribution in [2.24, 2.45) is 0 Å². The third-order valence-electron chi connectivity index (χ3n) is 5.98. The van der Waals surface area contributed by atoms with Crippen LogP contribution in [0, 0.1) is 0 Å². The van der Waals surface area contributed by atoms with E-state index in [0.717, 1.165) is 29.7 Å². The lowest BCUT2D eigenvalue weighted by Crippen LogP contribution is -2.24. The number of nitrogens with one attached hydrogen (secondary N) is 2. The number of carbonyl (C=O) groups is 1. The van der Waals surface area contributed by atoms with Gasteiger partial charge in [0.05, 0.1) is 24.3 Å². The lowest BCUT2D eigenvalue weighted by molar-refractivity contribution is 0.157. The number of nitrogens with zero attached hydrogens (tertiary/aromatic N) is 4. The average Bonchev–Trinajstić information content (AvgIpc) is 3.23. The van der Waals surface area contributed by atoms with Gasteiger partial charge in [0.1, 0.15) is 18.6 Å². The number of pyridine rings is 1. The Balaban J connectivity index is 1.53. The van der Waals surface area contributed by atoms with Gasteiger partial charge in [-0.05, 0) is 30.9 Å². The average molecular weight is 443 g/mol. The molecule has 1 atom stereocenters. The van der Waals surface area contributed by atoms with Crippen LogP contribution in [0.3, 0.4) is 0 Å². The Morgan fingerprint density at radius 1 is 1.22 bits per heavy atom. The summed E-state index contributed by atoms with van der Waals surface area (Å²) in [6, 6.07) is 4.23. The van der Waals surface area contributed by atoms with E-state index in [1.54, 1.807) is 17.3 Å². The zero-order chi connectivity index (χ0) is 22.3. The molecule has 0 radical (unpaired) electrons. The number of carbonyl (C=O) groups excluding carboxylic acids is 1. The number of rotatable bonds is 9. The molecule has 3 heterocycles. The number of anilines is 2. The summed E-state index contributed by atoms with van der Waals surface area (Å²) in [5.74, 6) is 1.12. The van der Waals surface area contributed by atoms with Crippen LogP contribution in [0.15, 0.2) is 24.5 Å². The first-order chi connectivity index (χ1) is 15.6. The highest BCUT2D eigenvalue weighted by molar-refractivity contribution is 5.73. The summed E-state index contributed by atoms with van der Waals surface area (Å²) in [6.45, 7) is 3.50. The molecule has 1 amide bonds.